The lowest BCUT2D eigenvalue weighted by atomic mass is 9.98. The summed E-state index contributed by atoms with van der Waals surface area (Å²) in [7, 11) is 1.83. The van der Waals surface area contributed by atoms with Crippen LogP contribution in [0, 0.1) is 0 Å². The zero-order chi connectivity index (χ0) is 10.2. The summed E-state index contributed by atoms with van der Waals surface area (Å²) in [6, 6.07) is 1.80. The van der Waals surface area contributed by atoms with Gasteiger partial charge < -0.3 is 0 Å². The highest BCUT2D eigenvalue weighted by Gasteiger charge is 2.38. The number of carbonyl (C=O) groups is 1. The van der Waals surface area contributed by atoms with Gasteiger partial charge in [0.25, 0.3) is 0 Å². The SMILES string of the molecule is Cn1ccc(C(=O)C2(C)CCCS2)n1. The van der Waals surface area contributed by atoms with Gasteiger partial charge in [0.2, 0.25) is 0 Å². The third kappa shape index (κ3) is 1.59. The molecule has 0 bridgehead atoms. The molecule has 0 spiro atoms. The third-order valence-electron chi connectivity index (χ3n) is 2.65. The molecule has 0 aromatic carbocycles. The van der Waals surface area contributed by atoms with Crippen LogP contribution in [0.1, 0.15) is 30.3 Å². The van der Waals surface area contributed by atoms with Gasteiger partial charge in [-0.15, -0.1) is 11.8 Å². The lowest BCUT2D eigenvalue weighted by Crippen LogP contribution is -2.29. The average molecular weight is 210 g/mol. The molecule has 14 heavy (non-hydrogen) atoms. The van der Waals surface area contributed by atoms with Crippen LogP contribution in [0.4, 0.5) is 0 Å². The number of hydrogen-bond donors (Lipinski definition) is 0. The number of rotatable bonds is 2. The second-order valence-electron chi connectivity index (χ2n) is 3.89. The lowest BCUT2D eigenvalue weighted by molar-refractivity contribution is 0.0943. The number of thioether (sulfide) groups is 1. The van der Waals surface area contributed by atoms with Gasteiger partial charge in [0, 0.05) is 13.2 Å². The fraction of sp³-hybridized carbons (Fsp3) is 0.600. The van der Waals surface area contributed by atoms with Crippen molar-refractivity contribution in [3.8, 4) is 0 Å². The summed E-state index contributed by atoms with van der Waals surface area (Å²) in [5.74, 6) is 1.27. The maximum absolute atomic E-state index is 12.1. The van der Waals surface area contributed by atoms with Gasteiger partial charge in [0.05, 0.1) is 4.75 Å². The summed E-state index contributed by atoms with van der Waals surface area (Å²) in [6.07, 6.45) is 3.93. The minimum Gasteiger partial charge on any atom is -0.291 e. The molecule has 1 aliphatic heterocycles. The predicted molar refractivity (Wildman–Crippen MR) is 57.6 cm³/mol. The van der Waals surface area contributed by atoms with E-state index in [0.29, 0.717) is 5.69 Å². The van der Waals surface area contributed by atoms with Gasteiger partial charge in [0.1, 0.15) is 5.69 Å². The fourth-order valence-electron chi connectivity index (χ4n) is 1.77. The maximum Gasteiger partial charge on any atom is 0.198 e. The molecular formula is C10H14N2OS. The van der Waals surface area contributed by atoms with Crippen molar-refractivity contribution in [3.63, 3.8) is 0 Å². The van der Waals surface area contributed by atoms with E-state index in [0.717, 1.165) is 18.6 Å². The van der Waals surface area contributed by atoms with Crippen LogP contribution in [0.25, 0.3) is 0 Å². The molecule has 1 fully saturated rings. The molecule has 1 saturated heterocycles. The van der Waals surface area contributed by atoms with Crippen LogP contribution < -0.4 is 0 Å². The number of nitrogens with zero attached hydrogens (tertiary/aromatic N) is 2. The van der Waals surface area contributed by atoms with E-state index in [-0.39, 0.29) is 10.5 Å². The van der Waals surface area contributed by atoms with Crippen molar-refractivity contribution in [1.29, 1.82) is 0 Å². The van der Waals surface area contributed by atoms with Crippen LogP contribution in [0.15, 0.2) is 12.3 Å². The van der Waals surface area contributed by atoms with E-state index in [1.165, 1.54) is 0 Å². The van der Waals surface area contributed by atoms with E-state index in [2.05, 4.69) is 5.10 Å². The van der Waals surface area contributed by atoms with E-state index in [4.69, 9.17) is 0 Å². The highest BCUT2D eigenvalue weighted by molar-refractivity contribution is 8.01. The predicted octanol–water partition coefficient (Wildman–Crippen LogP) is 1.89. The van der Waals surface area contributed by atoms with E-state index in [1.807, 2.05) is 20.2 Å². The Morgan fingerprint density at radius 2 is 2.50 bits per heavy atom. The lowest BCUT2D eigenvalue weighted by Gasteiger charge is -2.18. The number of aromatic nitrogens is 2. The first-order valence-electron chi connectivity index (χ1n) is 4.80. The Balaban J connectivity index is 2.23. The maximum atomic E-state index is 12.1. The fourth-order valence-corrected chi connectivity index (χ4v) is 3.03. The summed E-state index contributed by atoms with van der Waals surface area (Å²) >= 11 is 1.76. The standard InChI is InChI=1S/C10H14N2OS/c1-10(5-3-7-14-10)9(13)8-4-6-12(2)11-8/h4,6H,3,5,7H2,1-2H3. The van der Waals surface area contributed by atoms with E-state index < -0.39 is 0 Å². The van der Waals surface area contributed by atoms with E-state index >= 15 is 0 Å². The van der Waals surface area contributed by atoms with Crippen LogP contribution >= 0.6 is 11.8 Å². The molecule has 2 heterocycles. The zero-order valence-corrected chi connectivity index (χ0v) is 9.30. The van der Waals surface area contributed by atoms with Gasteiger partial charge in [-0.2, -0.15) is 5.10 Å². The minimum absolute atomic E-state index is 0.181. The summed E-state index contributed by atoms with van der Waals surface area (Å²) in [4.78, 5) is 12.1. The van der Waals surface area contributed by atoms with Crippen molar-refractivity contribution in [1.82, 2.24) is 9.78 Å². The monoisotopic (exact) mass is 210 g/mol. The van der Waals surface area contributed by atoms with Gasteiger partial charge in [-0.25, -0.2) is 0 Å². The molecule has 3 nitrogen and oxygen atoms in total. The summed E-state index contributed by atoms with van der Waals surface area (Å²) in [6.45, 7) is 2.03. The number of hydrogen-bond acceptors (Lipinski definition) is 3. The van der Waals surface area contributed by atoms with Gasteiger partial charge in [-0.1, -0.05) is 0 Å². The number of aryl methyl sites for hydroxylation is 1. The van der Waals surface area contributed by atoms with Gasteiger partial charge in [0.15, 0.2) is 5.78 Å². The quantitative estimate of drug-likeness (QED) is 0.699. The molecule has 0 N–H and O–H groups in total. The third-order valence-corrected chi connectivity index (χ3v) is 4.16. The minimum atomic E-state index is -0.228. The van der Waals surface area contributed by atoms with Crippen molar-refractivity contribution >= 4 is 17.5 Å². The van der Waals surface area contributed by atoms with Crippen molar-refractivity contribution in [2.24, 2.45) is 7.05 Å². The van der Waals surface area contributed by atoms with Crippen molar-refractivity contribution in [2.45, 2.75) is 24.5 Å². The van der Waals surface area contributed by atoms with E-state index in [9.17, 15) is 4.79 Å². The molecule has 4 heteroatoms. The Hall–Kier alpha value is -0.770. The Labute approximate surface area is 87.9 Å². The van der Waals surface area contributed by atoms with Gasteiger partial charge in [-0.05, 0) is 31.6 Å². The topological polar surface area (TPSA) is 34.9 Å². The molecule has 0 amide bonds. The molecule has 0 saturated carbocycles. The van der Waals surface area contributed by atoms with Gasteiger partial charge in [-0.3, -0.25) is 9.48 Å². The first-order chi connectivity index (χ1) is 6.62. The summed E-state index contributed by atoms with van der Waals surface area (Å²) in [5, 5.41) is 4.15. The highest BCUT2D eigenvalue weighted by atomic mass is 32.2. The van der Waals surface area contributed by atoms with Crippen molar-refractivity contribution < 1.29 is 4.79 Å². The number of ketones is 1. The average Bonchev–Trinajstić information content (AvgIpc) is 2.74. The van der Waals surface area contributed by atoms with Crippen LogP contribution in [0.2, 0.25) is 0 Å². The molecule has 0 radical (unpaired) electrons. The van der Waals surface area contributed by atoms with Crippen LogP contribution in [-0.4, -0.2) is 26.1 Å². The number of Topliss-reactive ketones (excluding diaryl/α,β-unsaturated/α-hetero) is 1. The molecule has 1 unspecified atom stereocenters. The Kier molecular flexibility index (Phi) is 2.39. The van der Waals surface area contributed by atoms with Crippen molar-refractivity contribution in [3.05, 3.63) is 18.0 Å². The molecule has 1 aromatic heterocycles. The van der Waals surface area contributed by atoms with E-state index in [1.54, 1.807) is 22.5 Å². The largest absolute Gasteiger partial charge is 0.291 e. The highest BCUT2D eigenvalue weighted by Crippen LogP contribution is 2.39. The second kappa shape index (κ2) is 3.42. The Morgan fingerprint density at radius 1 is 1.71 bits per heavy atom. The molecule has 76 valence electrons. The second-order valence-corrected chi connectivity index (χ2v) is 5.48. The molecular weight excluding hydrogens is 196 g/mol. The first kappa shape index (κ1) is 9.77. The van der Waals surface area contributed by atoms with Crippen LogP contribution in [0.3, 0.4) is 0 Å². The van der Waals surface area contributed by atoms with Gasteiger partial charge >= 0.3 is 0 Å². The normalized spacial score (nSPS) is 26.7. The summed E-state index contributed by atoms with van der Waals surface area (Å²) < 4.78 is 1.45. The number of carbonyl (C=O) groups excluding carboxylic acids is 1. The Bertz CT molecular complexity index is 353. The Morgan fingerprint density at radius 3 is 3.00 bits per heavy atom. The molecule has 1 atom stereocenters. The molecule has 1 aromatic rings. The zero-order valence-electron chi connectivity index (χ0n) is 8.49. The molecule has 0 aliphatic carbocycles. The van der Waals surface area contributed by atoms with Crippen LogP contribution in [-0.2, 0) is 7.05 Å². The molecule has 1 aliphatic rings. The molecule has 2 rings (SSSR count). The summed E-state index contributed by atoms with van der Waals surface area (Å²) in [5.41, 5.74) is 0.601. The first-order valence-corrected chi connectivity index (χ1v) is 5.79. The van der Waals surface area contributed by atoms with Crippen molar-refractivity contribution in [2.75, 3.05) is 5.75 Å². The smallest absolute Gasteiger partial charge is 0.198 e. The van der Waals surface area contributed by atoms with Crippen LogP contribution in [0.5, 0.6) is 0 Å².